The molecule has 2 atom stereocenters. The van der Waals surface area contributed by atoms with Crippen molar-refractivity contribution in [3.8, 4) is 5.75 Å². The number of nitrogens with zero attached hydrogens (tertiary/aromatic N) is 3. The lowest BCUT2D eigenvalue weighted by atomic mass is 10.0. The Morgan fingerprint density at radius 1 is 1.00 bits per heavy atom. The standard InChI is InChI=1S/C21H21F3N4O6S/c22-21(23,24)34-16-3-1-13(2-4-16)12-33-20(30)28-10-14-8-27(9-15(14)11-28)19(29)18-6-5-17(7-26-18)35(25,31)32/h1-7,14-15H,8-12H2,(H2,25,31,32)/t14-,15-/m0/s1. The first-order valence-corrected chi connectivity index (χ1v) is 12.0. The number of sulfonamides is 1. The number of nitrogens with two attached hydrogens (primary N) is 1. The Morgan fingerprint density at radius 2 is 1.60 bits per heavy atom. The number of primary sulfonamides is 1. The van der Waals surface area contributed by atoms with Crippen molar-refractivity contribution in [2.45, 2.75) is 17.9 Å². The Labute approximate surface area is 198 Å². The van der Waals surface area contributed by atoms with Crippen molar-refractivity contribution in [2.75, 3.05) is 26.2 Å². The number of benzene rings is 1. The monoisotopic (exact) mass is 514 g/mol. The van der Waals surface area contributed by atoms with Gasteiger partial charge in [-0.05, 0) is 29.8 Å². The molecule has 0 bridgehead atoms. The molecule has 2 saturated heterocycles. The van der Waals surface area contributed by atoms with Crippen molar-refractivity contribution < 1.29 is 40.7 Å². The van der Waals surface area contributed by atoms with Crippen molar-refractivity contribution in [1.29, 1.82) is 0 Å². The van der Waals surface area contributed by atoms with Crippen LogP contribution in [0.25, 0.3) is 0 Å². The first-order chi connectivity index (χ1) is 16.4. The molecule has 2 fully saturated rings. The van der Waals surface area contributed by atoms with Gasteiger partial charge in [0.25, 0.3) is 5.91 Å². The Bertz CT molecular complexity index is 1190. The molecule has 1 aromatic carbocycles. The lowest BCUT2D eigenvalue weighted by molar-refractivity contribution is -0.274. The molecule has 188 valence electrons. The van der Waals surface area contributed by atoms with E-state index in [1.165, 1.54) is 29.2 Å². The van der Waals surface area contributed by atoms with Crippen LogP contribution in [0.3, 0.4) is 0 Å². The predicted octanol–water partition coefficient (Wildman–Crippen LogP) is 1.97. The van der Waals surface area contributed by atoms with E-state index in [1.54, 1.807) is 4.90 Å². The summed E-state index contributed by atoms with van der Waals surface area (Å²) in [5.41, 5.74) is 0.602. The number of carbonyl (C=O) groups is 2. The van der Waals surface area contributed by atoms with Gasteiger partial charge in [0, 0.05) is 44.2 Å². The molecule has 2 N–H and O–H groups in total. The van der Waals surface area contributed by atoms with Gasteiger partial charge in [-0.3, -0.25) is 4.79 Å². The molecule has 0 radical (unpaired) electrons. The van der Waals surface area contributed by atoms with Crippen LogP contribution in [0.1, 0.15) is 16.1 Å². The van der Waals surface area contributed by atoms with Crippen LogP contribution in [-0.4, -0.2) is 67.7 Å². The minimum atomic E-state index is -4.78. The normalized spacial score (nSPS) is 20.0. The van der Waals surface area contributed by atoms with Crippen molar-refractivity contribution in [2.24, 2.45) is 17.0 Å². The second kappa shape index (κ2) is 9.34. The lowest BCUT2D eigenvalue weighted by Crippen LogP contribution is -2.36. The molecule has 2 aliphatic heterocycles. The van der Waals surface area contributed by atoms with Gasteiger partial charge in [-0.15, -0.1) is 13.2 Å². The van der Waals surface area contributed by atoms with Gasteiger partial charge in [-0.2, -0.15) is 0 Å². The van der Waals surface area contributed by atoms with Crippen LogP contribution < -0.4 is 9.88 Å². The lowest BCUT2D eigenvalue weighted by Gasteiger charge is -2.21. The van der Waals surface area contributed by atoms with Crippen LogP contribution in [0, 0.1) is 11.8 Å². The van der Waals surface area contributed by atoms with Gasteiger partial charge < -0.3 is 19.3 Å². The van der Waals surface area contributed by atoms with Crippen molar-refractivity contribution >= 4 is 22.0 Å². The average molecular weight is 514 g/mol. The number of carbonyl (C=O) groups excluding carboxylic acids is 2. The third-order valence-corrected chi connectivity index (χ3v) is 6.73. The predicted molar refractivity (Wildman–Crippen MR) is 113 cm³/mol. The van der Waals surface area contributed by atoms with E-state index in [2.05, 4.69) is 9.72 Å². The van der Waals surface area contributed by atoms with Gasteiger partial charge >= 0.3 is 12.5 Å². The third-order valence-electron chi connectivity index (χ3n) is 5.83. The van der Waals surface area contributed by atoms with Crippen LogP contribution in [0.5, 0.6) is 5.75 Å². The van der Waals surface area contributed by atoms with E-state index in [9.17, 15) is 31.2 Å². The molecule has 14 heteroatoms. The third kappa shape index (κ3) is 6.00. The quantitative estimate of drug-likeness (QED) is 0.645. The molecule has 10 nitrogen and oxygen atoms in total. The maximum atomic E-state index is 12.7. The molecule has 0 spiro atoms. The summed E-state index contributed by atoms with van der Waals surface area (Å²) in [6.07, 6.45) is -4.29. The Morgan fingerprint density at radius 3 is 2.11 bits per heavy atom. The largest absolute Gasteiger partial charge is 0.573 e. The number of aromatic nitrogens is 1. The van der Waals surface area contributed by atoms with Crippen LogP contribution in [-0.2, 0) is 21.4 Å². The highest BCUT2D eigenvalue weighted by molar-refractivity contribution is 7.89. The van der Waals surface area contributed by atoms with Crippen LogP contribution in [0.15, 0.2) is 47.5 Å². The van der Waals surface area contributed by atoms with Gasteiger partial charge in [0.15, 0.2) is 0 Å². The molecule has 1 aromatic heterocycles. The summed E-state index contributed by atoms with van der Waals surface area (Å²) in [7, 11) is -3.91. The number of likely N-dealkylation sites (tertiary alicyclic amines) is 2. The van der Waals surface area contributed by atoms with E-state index in [-0.39, 0.29) is 40.7 Å². The summed E-state index contributed by atoms with van der Waals surface area (Å²) in [6, 6.07) is 7.56. The molecule has 35 heavy (non-hydrogen) atoms. The van der Waals surface area contributed by atoms with Crippen LogP contribution in [0.2, 0.25) is 0 Å². The minimum absolute atomic E-state index is 0.0500. The SMILES string of the molecule is NS(=O)(=O)c1ccc(C(=O)N2C[C@H]3CN(C(=O)OCc4ccc(OC(F)(F)F)cc4)C[C@@H]3C2)nc1. The van der Waals surface area contributed by atoms with E-state index < -0.39 is 22.5 Å². The second-order valence-corrected chi connectivity index (χ2v) is 9.87. The first kappa shape index (κ1) is 24.7. The summed E-state index contributed by atoms with van der Waals surface area (Å²) < 4.78 is 68.4. The number of amides is 2. The molecule has 4 rings (SSSR count). The van der Waals surface area contributed by atoms with Crippen molar-refractivity contribution in [1.82, 2.24) is 14.8 Å². The molecule has 0 saturated carbocycles. The van der Waals surface area contributed by atoms with Crippen LogP contribution in [0.4, 0.5) is 18.0 Å². The Balaban J connectivity index is 1.26. The summed E-state index contributed by atoms with van der Waals surface area (Å²) in [5, 5.41) is 5.04. The summed E-state index contributed by atoms with van der Waals surface area (Å²) >= 11 is 0. The zero-order valence-corrected chi connectivity index (χ0v) is 19.0. The van der Waals surface area contributed by atoms with Gasteiger partial charge in [0.05, 0.1) is 0 Å². The molecular formula is C21H21F3N4O6S. The smallest absolute Gasteiger partial charge is 0.445 e. The van der Waals surface area contributed by atoms with Crippen molar-refractivity contribution in [3.63, 3.8) is 0 Å². The topological polar surface area (TPSA) is 132 Å². The van der Waals surface area contributed by atoms with E-state index >= 15 is 0 Å². The van der Waals surface area contributed by atoms with Gasteiger partial charge in [0.1, 0.15) is 22.9 Å². The average Bonchev–Trinajstić information content (AvgIpc) is 3.36. The maximum Gasteiger partial charge on any atom is 0.573 e. The molecular weight excluding hydrogens is 493 g/mol. The zero-order valence-electron chi connectivity index (χ0n) is 18.1. The summed E-state index contributed by atoms with van der Waals surface area (Å²) in [4.78, 5) is 32.0. The maximum absolute atomic E-state index is 12.7. The van der Waals surface area contributed by atoms with Gasteiger partial charge in [0.2, 0.25) is 10.0 Å². The van der Waals surface area contributed by atoms with Crippen LogP contribution >= 0.6 is 0 Å². The molecule has 2 aliphatic rings. The fourth-order valence-corrected chi connectivity index (χ4v) is 4.63. The van der Waals surface area contributed by atoms with E-state index in [1.807, 2.05) is 0 Å². The van der Waals surface area contributed by atoms with E-state index in [0.29, 0.717) is 31.7 Å². The van der Waals surface area contributed by atoms with E-state index in [0.717, 1.165) is 18.3 Å². The number of halogens is 3. The first-order valence-electron chi connectivity index (χ1n) is 10.4. The number of alkyl halides is 3. The molecule has 3 heterocycles. The Hall–Kier alpha value is -3.39. The highest BCUT2D eigenvalue weighted by Gasteiger charge is 2.43. The number of rotatable bonds is 5. The van der Waals surface area contributed by atoms with E-state index in [4.69, 9.17) is 9.88 Å². The molecule has 0 aliphatic carbocycles. The number of hydrogen-bond donors (Lipinski definition) is 1. The molecule has 0 unspecified atom stereocenters. The highest BCUT2D eigenvalue weighted by atomic mass is 32.2. The number of fused-ring (bicyclic) bond motifs is 1. The number of hydrogen-bond acceptors (Lipinski definition) is 7. The number of ether oxygens (including phenoxy) is 2. The molecule has 2 aromatic rings. The van der Waals surface area contributed by atoms with Gasteiger partial charge in [-0.1, -0.05) is 12.1 Å². The zero-order chi connectivity index (χ0) is 25.4. The van der Waals surface area contributed by atoms with Gasteiger partial charge in [-0.25, -0.2) is 23.3 Å². The summed E-state index contributed by atoms with van der Waals surface area (Å²) in [5.74, 6) is -0.606. The second-order valence-electron chi connectivity index (χ2n) is 8.31. The number of pyridine rings is 1. The fraction of sp³-hybridized carbons (Fsp3) is 0.381. The Kier molecular flexibility index (Phi) is 6.60. The molecule has 2 amide bonds. The fourth-order valence-electron chi connectivity index (χ4n) is 4.17. The van der Waals surface area contributed by atoms with Crippen molar-refractivity contribution in [3.05, 3.63) is 53.9 Å². The highest BCUT2D eigenvalue weighted by Crippen LogP contribution is 2.32. The minimum Gasteiger partial charge on any atom is -0.445 e. The summed E-state index contributed by atoms with van der Waals surface area (Å²) in [6.45, 7) is 1.49.